The van der Waals surface area contributed by atoms with E-state index in [9.17, 15) is 17.6 Å². The number of carbonyl (C=O) groups is 1. The molecule has 1 aromatic heterocycles. The normalized spacial score (nSPS) is 22.6. The van der Waals surface area contributed by atoms with Crippen molar-refractivity contribution in [2.75, 3.05) is 49.6 Å². The smallest absolute Gasteiger partial charge is 0.235 e. The lowest BCUT2D eigenvalue weighted by Crippen LogP contribution is -2.47. The van der Waals surface area contributed by atoms with Gasteiger partial charge in [0.05, 0.1) is 10.4 Å². The van der Waals surface area contributed by atoms with Gasteiger partial charge in [-0.3, -0.25) is 9.69 Å². The number of anilines is 1. The fourth-order valence-corrected chi connectivity index (χ4v) is 5.52. The number of benzene rings is 1. The maximum atomic E-state index is 13.6. The van der Waals surface area contributed by atoms with Crippen molar-refractivity contribution in [1.82, 2.24) is 15.4 Å². The van der Waals surface area contributed by atoms with Crippen LogP contribution in [0.2, 0.25) is 5.02 Å². The molecule has 2 fully saturated rings. The molecule has 4 rings (SSSR count). The molecule has 0 bridgehead atoms. The Bertz CT molecular complexity index is 1090. The lowest BCUT2D eigenvalue weighted by molar-refractivity contribution is -0.119. The minimum atomic E-state index is -3.29. The molecular weight excluding hydrogens is 471 g/mol. The number of amides is 1. The van der Waals surface area contributed by atoms with Crippen LogP contribution in [-0.2, 0) is 14.6 Å². The average molecular weight is 501 g/mol. The summed E-state index contributed by atoms with van der Waals surface area (Å²) in [6.45, 7) is 4.49. The Hall–Kier alpha value is -1.91. The standard InChI is InChI=1S/C22H30ClFN4O4S/c1-33(30,31)14-21(29)25-16-4-2-15(3-5-16)6-7-27-8-10-28(11-9-27)22-17-12-18(23)19(24)13-20(17)32-26-22/h12-13,15-16H,2-11,14H2,1H3,(H,25,29). The molecule has 0 unspecified atom stereocenters. The molecule has 0 spiro atoms. The highest BCUT2D eigenvalue weighted by atomic mass is 35.5. The number of nitrogens with one attached hydrogen (secondary N) is 1. The number of hydrogen-bond acceptors (Lipinski definition) is 7. The van der Waals surface area contributed by atoms with Crippen LogP contribution < -0.4 is 10.2 Å². The SMILES string of the molecule is CS(=O)(=O)CC(=O)NC1CCC(CCN2CCN(c3noc4cc(F)c(Cl)cc34)CC2)CC1. The van der Waals surface area contributed by atoms with Crippen LogP contribution in [0.4, 0.5) is 10.2 Å². The van der Waals surface area contributed by atoms with Crippen LogP contribution in [0.15, 0.2) is 16.7 Å². The third-order valence-electron chi connectivity index (χ3n) is 6.62. The van der Waals surface area contributed by atoms with Gasteiger partial charge in [0, 0.05) is 44.5 Å². The third kappa shape index (κ3) is 6.36. The zero-order valence-electron chi connectivity index (χ0n) is 18.7. The number of piperazine rings is 1. The molecule has 1 aromatic carbocycles. The number of aromatic nitrogens is 1. The second-order valence-electron chi connectivity index (χ2n) is 9.24. The highest BCUT2D eigenvalue weighted by Crippen LogP contribution is 2.31. The van der Waals surface area contributed by atoms with Crippen molar-refractivity contribution in [2.24, 2.45) is 5.92 Å². The zero-order valence-corrected chi connectivity index (χ0v) is 20.3. The Morgan fingerprint density at radius 1 is 1.21 bits per heavy atom. The quantitative estimate of drug-likeness (QED) is 0.624. The number of carbonyl (C=O) groups excluding carboxylic acids is 1. The predicted octanol–water partition coefficient (Wildman–Crippen LogP) is 2.85. The number of hydrogen-bond donors (Lipinski definition) is 1. The van der Waals surface area contributed by atoms with Crippen molar-refractivity contribution >= 4 is 44.1 Å². The van der Waals surface area contributed by atoms with Crippen LogP contribution >= 0.6 is 11.6 Å². The lowest BCUT2D eigenvalue weighted by atomic mass is 9.84. The van der Waals surface area contributed by atoms with E-state index in [4.69, 9.17) is 16.1 Å². The summed E-state index contributed by atoms with van der Waals surface area (Å²) in [6, 6.07) is 2.93. The number of rotatable bonds is 7. The summed E-state index contributed by atoms with van der Waals surface area (Å²) in [5.41, 5.74) is 0.400. The molecule has 1 N–H and O–H groups in total. The van der Waals surface area contributed by atoms with Gasteiger partial charge < -0.3 is 14.7 Å². The van der Waals surface area contributed by atoms with E-state index in [2.05, 4.69) is 20.3 Å². The third-order valence-corrected chi connectivity index (χ3v) is 7.70. The first-order valence-corrected chi connectivity index (χ1v) is 13.8. The van der Waals surface area contributed by atoms with E-state index < -0.39 is 27.3 Å². The summed E-state index contributed by atoms with van der Waals surface area (Å²) in [7, 11) is -3.29. The topological polar surface area (TPSA) is 95.8 Å². The van der Waals surface area contributed by atoms with Gasteiger partial charge >= 0.3 is 0 Å². The number of halogens is 2. The highest BCUT2D eigenvalue weighted by Gasteiger charge is 2.26. The lowest BCUT2D eigenvalue weighted by Gasteiger charge is -2.36. The molecule has 1 aliphatic heterocycles. The van der Waals surface area contributed by atoms with E-state index in [1.54, 1.807) is 6.07 Å². The van der Waals surface area contributed by atoms with E-state index in [0.717, 1.165) is 76.5 Å². The molecule has 0 radical (unpaired) electrons. The first-order valence-electron chi connectivity index (χ1n) is 11.4. The van der Waals surface area contributed by atoms with Crippen LogP contribution in [0.5, 0.6) is 0 Å². The zero-order chi connectivity index (χ0) is 23.6. The van der Waals surface area contributed by atoms with Gasteiger partial charge in [-0.15, -0.1) is 0 Å². The van der Waals surface area contributed by atoms with E-state index >= 15 is 0 Å². The second-order valence-corrected chi connectivity index (χ2v) is 11.8. The molecule has 1 amide bonds. The van der Waals surface area contributed by atoms with Crippen molar-refractivity contribution < 1.29 is 22.1 Å². The summed E-state index contributed by atoms with van der Waals surface area (Å²) in [6.07, 6.45) is 6.09. The molecule has 8 nitrogen and oxygen atoms in total. The molecule has 2 aromatic rings. The van der Waals surface area contributed by atoms with Crippen LogP contribution in [-0.4, -0.2) is 75.2 Å². The fourth-order valence-electron chi connectivity index (χ4n) is 4.80. The van der Waals surface area contributed by atoms with Gasteiger partial charge in [0.25, 0.3) is 0 Å². The van der Waals surface area contributed by atoms with Crippen LogP contribution in [0.3, 0.4) is 0 Å². The summed E-state index contributed by atoms with van der Waals surface area (Å²) >= 11 is 5.94. The summed E-state index contributed by atoms with van der Waals surface area (Å²) in [5, 5.41) is 7.80. The van der Waals surface area contributed by atoms with Crippen molar-refractivity contribution in [1.29, 1.82) is 0 Å². The van der Waals surface area contributed by atoms with Crippen molar-refractivity contribution in [3.05, 3.63) is 23.0 Å². The second kappa shape index (κ2) is 10.1. The molecule has 2 heterocycles. The molecule has 33 heavy (non-hydrogen) atoms. The van der Waals surface area contributed by atoms with Crippen molar-refractivity contribution in [3.63, 3.8) is 0 Å². The van der Waals surface area contributed by atoms with E-state index in [1.807, 2.05) is 0 Å². The average Bonchev–Trinajstić information content (AvgIpc) is 3.15. The van der Waals surface area contributed by atoms with Crippen LogP contribution in [0.1, 0.15) is 32.1 Å². The van der Waals surface area contributed by atoms with Crippen molar-refractivity contribution in [2.45, 2.75) is 38.1 Å². The Morgan fingerprint density at radius 3 is 2.58 bits per heavy atom. The van der Waals surface area contributed by atoms with Crippen LogP contribution in [0.25, 0.3) is 11.0 Å². The largest absolute Gasteiger partial charge is 0.354 e. The monoisotopic (exact) mass is 500 g/mol. The van der Waals surface area contributed by atoms with Gasteiger partial charge in [0.2, 0.25) is 5.91 Å². The first kappa shape index (κ1) is 24.2. The Labute approximate surface area is 198 Å². The van der Waals surface area contributed by atoms with Gasteiger partial charge in [0.15, 0.2) is 21.2 Å². The van der Waals surface area contributed by atoms with Gasteiger partial charge in [-0.2, -0.15) is 0 Å². The molecule has 2 aliphatic rings. The van der Waals surface area contributed by atoms with Gasteiger partial charge in [-0.1, -0.05) is 16.8 Å². The molecule has 0 atom stereocenters. The van der Waals surface area contributed by atoms with Gasteiger partial charge in [-0.05, 0) is 50.6 Å². The molecule has 1 saturated carbocycles. The Kier molecular flexibility index (Phi) is 7.45. The number of sulfone groups is 1. The minimum absolute atomic E-state index is 0.0651. The summed E-state index contributed by atoms with van der Waals surface area (Å²) < 4.78 is 41.4. The predicted molar refractivity (Wildman–Crippen MR) is 126 cm³/mol. The maximum absolute atomic E-state index is 13.6. The molecular formula is C22H30ClFN4O4S. The molecule has 1 saturated heterocycles. The summed E-state index contributed by atoms with van der Waals surface area (Å²) in [4.78, 5) is 16.4. The van der Waals surface area contributed by atoms with E-state index in [1.165, 1.54) is 6.07 Å². The molecule has 11 heteroatoms. The van der Waals surface area contributed by atoms with Gasteiger partial charge in [-0.25, -0.2) is 12.8 Å². The molecule has 1 aliphatic carbocycles. The number of fused-ring (bicyclic) bond motifs is 1. The Morgan fingerprint density at radius 2 is 1.91 bits per heavy atom. The van der Waals surface area contributed by atoms with Crippen LogP contribution in [0, 0.1) is 11.7 Å². The first-order chi connectivity index (χ1) is 15.7. The Balaban J connectivity index is 1.19. The van der Waals surface area contributed by atoms with E-state index in [0.29, 0.717) is 17.3 Å². The minimum Gasteiger partial charge on any atom is -0.354 e. The summed E-state index contributed by atoms with van der Waals surface area (Å²) in [5.74, 6) is -0.00834. The van der Waals surface area contributed by atoms with Gasteiger partial charge in [0.1, 0.15) is 11.6 Å². The maximum Gasteiger partial charge on any atom is 0.235 e. The fraction of sp³-hybridized carbons (Fsp3) is 0.636. The molecule has 182 valence electrons. The van der Waals surface area contributed by atoms with Crippen molar-refractivity contribution in [3.8, 4) is 0 Å². The highest BCUT2D eigenvalue weighted by molar-refractivity contribution is 7.91. The number of nitrogens with zero attached hydrogens (tertiary/aromatic N) is 3. The van der Waals surface area contributed by atoms with E-state index in [-0.39, 0.29) is 11.1 Å².